The maximum atomic E-state index is 5.59. The monoisotopic (exact) mass is 475 g/mol. The summed E-state index contributed by atoms with van der Waals surface area (Å²) in [6.45, 7) is 11.4. The Morgan fingerprint density at radius 1 is 1.31 bits per heavy atom. The minimum Gasteiger partial charge on any atom is -0.375 e. The molecule has 0 radical (unpaired) electrons. The molecular weight excluding hydrogens is 441 g/mol. The Labute approximate surface area is 175 Å². The maximum absolute atomic E-state index is 5.59. The Bertz CT molecular complexity index is 523. The molecule has 0 bridgehead atoms. The molecule has 0 spiro atoms. The molecule has 2 heterocycles. The molecule has 1 aliphatic heterocycles. The van der Waals surface area contributed by atoms with Crippen LogP contribution in [0.25, 0.3) is 0 Å². The number of unbranched alkanes of at least 4 members (excludes halogenated alkanes) is 2. The molecule has 0 amide bonds. The largest absolute Gasteiger partial charge is 0.375 e. The van der Waals surface area contributed by atoms with Crippen molar-refractivity contribution in [1.29, 1.82) is 0 Å². The number of rotatable bonds is 8. The number of nitrogens with zero attached hydrogens (tertiary/aromatic N) is 3. The number of nitrogens with one attached hydrogen (secondary N) is 2. The van der Waals surface area contributed by atoms with E-state index in [1.807, 2.05) is 6.20 Å². The SMILES string of the molecule is CCCCCNC(=NCc1ccc(N2CCOC(C)C2)nc1)NCC.I. The Morgan fingerprint density at radius 2 is 2.15 bits per heavy atom. The third-order valence-corrected chi connectivity index (χ3v) is 4.21. The van der Waals surface area contributed by atoms with Gasteiger partial charge in [-0.15, -0.1) is 24.0 Å². The van der Waals surface area contributed by atoms with E-state index in [1.165, 1.54) is 19.3 Å². The summed E-state index contributed by atoms with van der Waals surface area (Å²) < 4.78 is 5.59. The van der Waals surface area contributed by atoms with Crippen LogP contribution in [0.3, 0.4) is 0 Å². The number of morpholine rings is 1. The maximum Gasteiger partial charge on any atom is 0.191 e. The second-order valence-corrected chi connectivity index (χ2v) is 6.48. The fourth-order valence-corrected chi connectivity index (χ4v) is 2.82. The van der Waals surface area contributed by atoms with Crippen LogP contribution in [0.15, 0.2) is 23.3 Å². The van der Waals surface area contributed by atoms with E-state index in [2.05, 4.69) is 58.4 Å². The molecule has 1 aliphatic rings. The first-order valence-electron chi connectivity index (χ1n) is 9.56. The summed E-state index contributed by atoms with van der Waals surface area (Å²) in [6, 6.07) is 4.21. The molecule has 1 atom stereocenters. The normalized spacial score (nSPS) is 17.6. The van der Waals surface area contributed by atoms with Crippen molar-refractivity contribution in [2.24, 2.45) is 4.99 Å². The highest BCUT2D eigenvalue weighted by Gasteiger charge is 2.17. The average molecular weight is 475 g/mol. The standard InChI is InChI=1S/C19H33N5O.HI/c1-4-6-7-10-21-19(20-5-2)23-14-17-8-9-18(22-13-17)24-11-12-25-16(3)15-24;/h8-9,13,16H,4-7,10-12,14-15H2,1-3H3,(H2,20,21,23);1H. The quantitative estimate of drug-likeness (QED) is 0.262. The topological polar surface area (TPSA) is 61.8 Å². The second kappa shape index (κ2) is 13.1. The van der Waals surface area contributed by atoms with Crippen LogP contribution in [0.1, 0.15) is 45.6 Å². The van der Waals surface area contributed by atoms with Crippen LogP contribution in [0.2, 0.25) is 0 Å². The minimum atomic E-state index is 0. The van der Waals surface area contributed by atoms with Crippen molar-refractivity contribution in [3.8, 4) is 0 Å². The van der Waals surface area contributed by atoms with Crippen LogP contribution in [0.5, 0.6) is 0 Å². The van der Waals surface area contributed by atoms with Crippen molar-refractivity contribution >= 4 is 35.8 Å². The molecule has 2 N–H and O–H groups in total. The van der Waals surface area contributed by atoms with Crippen LogP contribution in [0.4, 0.5) is 5.82 Å². The van der Waals surface area contributed by atoms with Gasteiger partial charge in [-0.1, -0.05) is 25.8 Å². The van der Waals surface area contributed by atoms with E-state index in [9.17, 15) is 0 Å². The van der Waals surface area contributed by atoms with Crippen molar-refractivity contribution in [2.75, 3.05) is 37.7 Å². The highest BCUT2D eigenvalue weighted by atomic mass is 127. The number of anilines is 1. The highest BCUT2D eigenvalue weighted by molar-refractivity contribution is 14.0. The summed E-state index contributed by atoms with van der Waals surface area (Å²) in [7, 11) is 0. The van der Waals surface area contributed by atoms with E-state index < -0.39 is 0 Å². The molecule has 7 heteroatoms. The summed E-state index contributed by atoms with van der Waals surface area (Å²) in [5.41, 5.74) is 1.12. The van der Waals surface area contributed by atoms with Crippen LogP contribution < -0.4 is 15.5 Å². The van der Waals surface area contributed by atoms with Gasteiger partial charge in [0.25, 0.3) is 0 Å². The van der Waals surface area contributed by atoms with E-state index in [4.69, 9.17) is 4.74 Å². The molecule has 1 aromatic rings. The van der Waals surface area contributed by atoms with Gasteiger partial charge in [-0.25, -0.2) is 9.98 Å². The molecular formula is C19H34IN5O. The molecule has 0 saturated carbocycles. The zero-order chi connectivity index (χ0) is 17.9. The third kappa shape index (κ3) is 8.07. The number of pyridine rings is 1. The zero-order valence-electron chi connectivity index (χ0n) is 16.3. The molecule has 26 heavy (non-hydrogen) atoms. The lowest BCUT2D eigenvalue weighted by molar-refractivity contribution is 0.0529. The lowest BCUT2D eigenvalue weighted by Crippen LogP contribution is -2.41. The molecule has 0 aliphatic carbocycles. The van der Waals surface area contributed by atoms with E-state index in [0.717, 1.165) is 50.1 Å². The van der Waals surface area contributed by atoms with Crippen LogP contribution in [-0.4, -0.2) is 49.8 Å². The van der Waals surface area contributed by atoms with Gasteiger partial charge in [-0.2, -0.15) is 0 Å². The van der Waals surface area contributed by atoms with E-state index in [-0.39, 0.29) is 30.1 Å². The van der Waals surface area contributed by atoms with E-state index in [0.29, 0.717) is 6.54 Å². The molecule has 6 nitrogen and oxygen atoms in total. The Morgan fingerprint density at radius 3 is 2.81 bits per heavy atom. The Kier molecular flexibility index (Phi) is 11.6. The van der Waals surface area contributed by atoms with Crippen molar-refractivity contribution in [2.45, 2.75) is 52.7 Å². The molecule has 1 aromatic heterocycles. The van der Waals surface area contributed by atoms with Gasteiger partial charge in [0, 0.05) is 32.4 Å². The highest BCUT2D eigenvalue weighted by Crippen LogP contribution is 2.15. The van der Waals surface area contributed by atoms with Crippen molar-refractivity contribution in [1.82, 2.24) is 15.6 Å². The van der Waals surface area contributed by atoms with Crippen molar-refractivity contribution in [3.63, 3.8) is 0 Å². The third-order valence-electron chi connectivity index (χ3n) is 4.21. The fourth-order valence-electron chi connectivity index (χ4n) is 2.82. The number of halogens is 1. The molecule has 2 rings (SSSR count). The van der Waals surface area contributed by atoms with Gasteiger partial charge < -0.3 is 20.3 Å². The van der Waals surface area contributed by atoms with Gasteiger partial charge in [-0.3, -0.25) is 0 Å². The Balaban J connectivity index is 0.00000338. The van der Waals surface area contributed by atoms with Crippen LogP contribution in [0, 0.1) is 0 Å². The number of guanidine groups is 1. The smallest absolute Gasteiger partial charge is 0.191 e. The van der Waals surface area contributed by atoms with Gasteiger partial charge in [-0.05, 0) is 31.9 Å². The predicted molar refractivity (Wildman–Crippen MR) is 120 cm³/mol. The lowest BCUT2D eigenvalue weighted by atomic mass is 10.2. The second-order valence-electron chi connectivity index (χ2n) is 6.48. The summed E-state index contributed by atoms with van der Waals surface area (Å²) in [5.74, 6) is 1.90. The van der Waals surface area contributed by atoms with Gasteiger partial charge in [0.1, 0.15) is 5.82 Å². The van der Waals surface area contributed by atoms with Gasteiger partial charge >= 0.3 is 0 Å². The predicted octanol–water partition coefficient (Wildman–Crippen LogP) is 3.17. The van der Waals surface area contributed by atoms with Gasteiger partial charge in [0.2, 0.25) is 0 Å². The first kappa shape index (κ1) is 23.0. The van der Waals surface area contributed by atoms with Gasteiger partial charge in [0.05, 0.1) is 19.3 Å². The summed E-state index contributed by atoms with van der Waals surface area (Å²) >= 11 is 0. The molecule has 0 aromatic carbocycles. The van der Waals surface area contributed by atoms with E-state index >= 15 is 0 Å². The summed E-state index contributed by atoms with van der Waals surface area (Å²) in [5, 5.41) is 6.68. The number of hydrogen-bond donors (Lipinski definition) is 2. The molecule has 1 saturated heterocycles. The average Bonchev–Trinajstić information content (AvgIpc) is 2.63. The van der Waals surface area contributed by atoms with Crippen molar-refractivity contribution in [3.05, 3.63) is 23.9 Å². The van der Waals surface area contributed by atoms with Crippen molar-refractivity contribution < 1.29 is 4.74 Å². The zero-order valence-corrected chi connectivity index (χ0v) is 18.7. The number of aromatic nitrogens is 1. The van der Waals surface area contributed by atoms with E-state index in [1.54, 1.807) is 0 Å². The fraction of sp³-hybridized carbons (Fsp3) is 0.684. The van der Waals surface area contributed by atoms with Gasteiger partial charge in [0.15, 0.2) is 5.96 Å². The molecule has 1 fully saturated rings. The summed E-state index contributed by atoms with van der Waals surface area (Å²) in [6.07, 6.45) is 5.85. The Hall–Kier alpha value is -1.09. The van der Waals surface area contributed by atoms with Crippen LogP contribution >= 0.6 is 24.0 Å². The first-order chi connectivity index (χ1) is 12.2. The minimum absolute atomic E-state index is 0. The summed E-state index contributed by atoms with van der Waals surface area (Å²) in [4.78, 5) is 11.5. The molecule has 1 unspecified atom stereocenters. The number of hydrogen-bond acceptors (Lipinski definition) is 4. The molecule has 148 valence electrons. The number of ether oxygens (including phenoxy) is 1. The van der Waals surface area contributed by atoms with Crippen LogP contribution in [-0.2, 0) is 11.3 Å². The lowest BCUT2D eigenvalue weighted by Gasteiger charge is -2.32. The number of aliphatic imine (C=N–C) groups is 1. The first-order valence-corrected chi connectivity index (χ1v) is 9.56.